The molecule has 90 valence electrons. The Kier molecular flexibility index (Phi) is 4.82. The average Bonchev–Trinajstić information content (AvgIpc) is 2.31. The summed E-state index contributed by atoms with van der Waals surface area (Å²) in [5, 5.41) is 3.58. The highest BCUT2D eigenvalue weighted by Crippen LogP contribution is 2.40. The van der Waals surface area contributed by atoms with E-state index in [-0.39, 0.29) is 17.9 Å². The first-order valence-electron chi connectivity index (χ1n) is 6.04. The first kappa shape index (κ1) is 13.5. The van der Waals surface area contributed by atoms with E-state index in [1.165, 1.54) is 31.2 Å². The highest BCUT2D eigenvalue weighted by molar-refractivity contribution is 5.85. The van der Waals surface area contributed by atoms with E-state index in [9.17, 15) is 0 Å². The maximum atomic E-state index is 3.58. The van der Waals surface area contributed by atoms with Crippen LogP contribution in [0, 0.1) is 5.92 Å². The molecule has 1 N–H and O–H groups in total. The molecule has 1 nitrogen and oxygen atoms in total. The summed E-state index contributed by atoms with van der Waals surface area (Å²) in [5.74, 6) is 0.735. The van der Waals surface area contributed by atoms with Crippen LogP contribution in [0.4, 0.5) is 0 Å². The normalized spacial score (nSPS) is 29.5. The Morgan fingerprint density at radius 2 is 1.88 bits per heavy atom. The van der Waals surface area contributed by atoms with Crippen molar-refractivity contribution in [2.45, 2.75) is 38.1 Å². The third-order valence-corrected chi connectivity index (χ3v) is 4.03. The van der Waals surface area contributed by atoms with Crippen LogP contribution in [0.3, 0.4) is 0 Å². The molecule has 1 fully saturated rings. The van der Waals surface area contributed by atoms with Gasteiger partial charge in [0.1, 0.15) is 0 Å². The molecular weight excluding hydrogens is 218 g/mol. The molecular formula is C14H22ClN. The molecule has 0 aliphatic heterocycles. The fourth-order valence-electron chi connectivity index (χ4n) is 3.03. The monoisotopic (exact) mass is 239 g/mol. The van der Waals surface area contributed by atoms with Crippen molar-refractivity contribution < 1.29 is 0 Å². The van der Waals surface area contributed by atoms with Crippen molar-refractivity contribution in [1.82, 2.24) is 5.32 Å². The van der Waals surface area contributed by atoms with Crippen LogP contribution in [0.15, 0.2) is 30.3 Å². The smallest absolute Gasteiger partial charge is 0.0458 e. The van der Waals surface area contributed by atoms with Crippen molar-refractivity contribution in [3.05, 3.63) is 35.9 Å². The summed E-state index contributed by atoms with van der Waals surface area (Å²) in [6.45, 7) is 2.38. The lowest BCUT2D eigenvalue weighted by atomic mass is 9.70. The summed E-state index contributed by atoms with van der Waals surface area (Å²) >= 11 is 0. The van der Waals surface area contributed by atoms with Gasteiger partial charge in [0.2, 0.25) is 0 Å². The van der Waals surface area contributed by atoms with Gasteiger partial charge >= 0.3 is 0 Å². The highest BCUT2D eigenvalue weighted by Gasteiger charge is 2.37. The maximum Gasteiger partial charge on any atom is 0.0458 e. The van der Waals surface area contributed by atoms with Crippen LogP contribution in [0.25, 0.3) is 0 Å². The van der Waals surface area contributed by atoms with Crippen molar-refractivity contribution in [2.75, 3.05) is 7.05 Å². The molecule has 16 heavy (non-hydrogen) atoms. The van der Waals surface area contributed by atoms with E-state index < -0.39 is 0 Å². The minimum Gasteiger partial charge on any atom is -0.310 e. The second kappa shape index (κ2) is 5.70. The summed E-state index contributed by atoms with van der Waals surface area (Å²) in [5.41, 5.74) is 1.68. The molecule has 0 bridgehead atoms. The largest absolute Gasteiger partial charge is 0.310 e. The highest BCUT2D eigenvalue weighted by atomic mass is 35.5. The number of halogens is 1. The van der Waals surface area contributed by atoms with Crippen molar-refractivity contribution in [2.24, 2.45) is 5.92 Å². The Morgan fingerprint density at radius 1 is 1.19 bits per heavy atom. The van der Waals surface area contributed by atoms with E-state index in [0.29, 0.717) is 0 Å². The quantitative estimate of drug-likeness (QED) is 0.829. The lowest BCUT2D eigenvalue weighted by Gasteiger charge is -2.43. The van der Waals surface area contributed by atoms with Crippen LogP contribution in [0.2, 0.25) is 0 Å². The van der Waals surface area contributed by atoms with Crippen LogP contribution in [-0.4, -0.2) is 7.05 Å². The molecule has 2 rings (SSSR count). The molecule has 0 spiro atoms. The fourth-order valence-corrected chi connectivity index (χ4v) is 3.03. The predicted molar refractivity (Wildman–Crippen MR) is 72.1 cm³/mol. The summed E-state index contributed by atoms with van der Waals surface area (Å²) < 4.78 is 0. The lowest BCUT2D eigenvalue weighted by Crippen LogP contribution is -2.47. The van der Waals surface area contributed by atoms with Crippen LogP contribution in [0.1, 0.15) is 38.2 Å². The van der Waals surface area contributed by atoms with Crippen molar-refractivity contribution in [3.63, 3.8) is 0 Å². The Bertz CT molecular complexity index is 312. The minimum atomic E-state index is 0. The van der Waals surface area contributed by atoms with E-state index >= 15 is 0 Å². The third kappa shape index (κ3) is 2.26. The molecule has 1 saturated carbocycles. The van der Waals surface area contributed by atoms with Gasteiger partial charge in [-0.25, -0.2) is 0 Å². The van der Waals surface area contributed by atoms with Crippen molar-refractivity contribution in [3.8, 4) is 0 Å². The number of hydrogen-bond donors (Lipinski definition) is 1. The van der Waals surface area contributed by atoms with Gasteiger partial charge in [-0.15, -0.1) is 12.4 Å². The van der Waals surface area contributed by atoms with Gasteiger partial charge in [-0.1, -0.05) is 50.1 Å². The number of rotatable bonds is 2. The van der Waals surface area contributed by atoms with Gasteiger partial charge in [-0.3, -0.25) is 0 Å². The van der Waals surface area contributed by atoms with Gasteiger partial charge in [-0.05, 0) is 31.4 Å². The summed E-state index contributed by atoms with van der Waals surface area (Å²) in [4.78, 5) is 0. The molecule has 2 atom stereocenters. The topological polar surface area (TPSA) is 12.0 Å². The molecule has 0 amide bonds. The standard InChI is InChI=1S/C14H21N.ClH/c1-12-8-6-7-11-14(12,15-2)13-9-4-3-5-10-13;/h3-5,9-10,12,15H,6-8,11H2,1-2H3;1H. The van der Waals surface area contributed by atoms with Crippen LogP contribution < -0.4 is 5.32 Å². The predicted octanol–water partition coefficient (Wildman–Crippen LogP) is 3.73. The van der Waals surface area contributed by atoms with E-state index in [1.54, 1.807) is 0 Å². The molecule has 0 saturated heterocycles. The van der Waals surface area contributed by atoms with Gasteiger partial charge in [0.05, 0.1) is 0 Å². The summed E-state index contributed by atoms with van der Waals surface area (Å²) in [7, 11) is 2.11. The Hall–Kier alpha value is -0.530. The van der Waals surface area contributed by atoms with Crippen LogP contribution in [0.5, 0.6) is 0 Å². The average molecular weight is 240 g/mol. The first-order valence-corrected chi connectivity index (χ1v) is 6.04. The van der Waals surface area contributed by atoms with E-state index in [0.717, 1.165) is 5.92 Å². The molecule has 0 heterocycles. The van der Waals surface area contributed by atoms with Gasteiger partial charge in [-0.2, -0.15) is 0 Å². The first-order chi connectivity index (χ1) is 7.29. The zero-order valence-corrected chi connectivity index (χ0v) is 11.0. The Morgan fingerprint density at radius 3 is 2.44 bits per heavy atom. The van der Waals surface area contributed by atoms with Gasteiger partial charge in [0.25, 0.3) is 0 Å². The third-order valence-electron chi connectivity index (χ3n) is 4.03. The van der Waals surface area contributed by atoms with Crippen LogP contribution in [-0.2, 0) is 5.54 Å². The zero-order valence-electron chi connectivity index (χ0n) is 10.2. The molecule has 1 aliphatic rings. The van der Waals surface area contributed by atoms with Crippen molar-refractivity contribution >= 4 is 12.4 Å². The lowest BCUT2D eigenvalue weighted by molar-refractivity contribution is 0.165. The van der Waals surface area contributed by atoms with E-state index in [1.807, 2.05) is 0 Å². The maximum absolute atomic E-state index is 3.58. The molecule has 1 aliphatic carbocycles. The minimum absolute atomic E-state index is 0. The van der Waals surface area contributed by atoms with Crippen molar-refractivity contribution in [1.29, 1.82) is 0 Å². The Labute approximate surface area is 105 Å². The van der Waals surface area contributed by atoms with Gasteiger partial charge in [0, 0.05) is 5.54 Å². The Balaban J connectivity index is 0.00000128. The molecule has 0 aromatic heterocycles. The number of nitrogens with one attached hydrogen (secondary N) is 1. The zero-order chi connectivity index (χ0) is 10.7. The molecule has 1 aromatic carbocycles. The molecule has 2 heteroatoms. The number of benzene rings is 1. The fraction of sp³-hybridized carbons (Fsp3) is 0.571. The second-order valence-electron chi connectivity index (χ2n) is 4.73. The van der Waals surface area contributed by atoms with Gasteiger partial charge < -0.3 is 5.32 Å². The van der Waals surface area contributed by atoms with E-state index in [4.69, 9.17) is 0 Å². The SMILES string of the molecule is CNC1(c2ccccc2)CCCCC1C.Cl. The molecule has 1 aromatic rings. The molecule has 0 radical (unpaired) electrons. The second-order valence-corrected chi connectivity index (χ2v) is 4.73. The van der Waals surface area contributed by atoms with E-state index in [2.05, 4.69) is 49.6 Å². The molecule has 2 unspecified atom stereocenters. The van der Waals surface area contributed by atoms with Crippen LogP contribution >= 0.6 is 12.4 Å². The number of hydrogen-bond acceptors (Lipinski definition) is 1. The van der Waals surface area contributed by atoms with Gasteiger partial charge in [0.15, 0.2) is 0 Å². The summed E-state index contributed by atoms with van der Waals surface area (Å²) in [6, 6.07) is 10.9. The summed E-state index contributed by atoms with van der Waals surface area (Å²) in [6.07, 6.45) is 5.35.